The average Bonchev–Trinajstić information content (AvgIpc) is 3.24. The van der Waals surface area contributed by atoms with Gasteiger partial charge in [0.05, 0.1) is 7.11 Å². The monoisotopic (exact) mass is 358 g/mol. The molecule has 5 nitrogen and oxygen atoms in total. The molecule has 0 aliphatic rings. The molecule has 134 valence electrons. The minimum Gasteiger partial charge on any atom is -0.497 e. The van der Waals surface area contributed by atoms with Crippen LogP contribution in [-0.4, -0.2) is 17.3 Å². The van der Waals surface area contributed by atoms with Gasteiger partial charge >= 0.3 is 0 Å². The molecule has 0 aliphatic carbocycles. The largest absolute Gasteiger partial charge is 0.497 e. The molecule has 0 bridgehead atoms. The number of hydrogen-bond donors (Lipinski definition) is 0. The standard InChI is InChI=1S/C22H18N2O3/c1-25-19-11-7-17(8-12-19)21-23-22(27-24-21)18-9-13-20(14-10-18)26-15-16-5-3-2-4-6-16/h2-14H,15H2,1H3. The Morgan fingerprint density at radius 2 is 1.44 bits per heavy atom. The molecule has 0 N–H and O–H groups in total. The molecule has 4 aromatic rings. The topological polar surface area (TPSA) is 57.4 Å². The number of nitrogens with zero attached hydrogens (tertiary/aromatic N) is 2. The Morgan fingerprint density at radius 3 is 2.15 bits per heavy atom. The Kier molecular flexibility index (Phi) is 4.83. The molecule has 0 atom stereocenters. The molecule has 4 rings (SSSR count). The Hall–Kier alpha value is -3.60. The summed E-state index contributed by atoms with van der Waals surface area (Å²) < 4.78 is 16.4. The van der Waals surface area contributed by atoms with Gasteiger partial charge in [-0.05, 0) is 54.1 Å². The SMILES string of the molecule is COc1ccc(-c2noc(-c3ccc(OCc4ccccc4)cc3)n2)cc1. The first-order valence-corrected chi connectivity index (χ1v) is 8.57. The van der Waals surface area contributed by atoms with Gasteiger partial charge in [0.2, 0.25) is 5.82 Å². The zero-order valence-electron chi connectivity index (χ0n) is 14.8. The van der Waals surface area contributed by atoms with Gasteiger partial charge < -0.3 is 14.0 Å². The van der Waals surface area contributed by atoms with Crippen LogP contribution in [0, 0.1) is 0 Å². The maximum absolute atomic E-state index is 5.80. The van der Waals surface area contributed by atoms with Gasteiger partial charge in [-0.1, -0.05) is 35.5 Å². The lowest BCUT2D eigenvalue weighted by molar-refractivity contribution is 0.306. The maximum Gasteiger partial charge on any atom is 0.258 e. The first kappa shape index (κ1) is 16.8. The van der Waals surface area contributed by atoms with Crippen LogP contribution in [0.2, 0.25) is 0 Å². The Bertz CT molecular complexity index is 994. The van der Waals surface area contributed by atoms with E-state index in [1.165, 1.54) is 0 Å². The number of rotatable bonds is 6. The highest BCUT2D eigenvalue weighted by Gasteiger charge is 2.11. The summed E-state index contributed by atoms with van der Waals surface area (Å²) in [6, 6.07) is 25.2. The second kappa shape index (κ2) is 7.74. The van der Waals surface area contributed by atoms with Crippen LogP contribution in [-0.2, 0) is 6.61 Å². The minimum atomic E-state index is 0.468. The van der Waals surface area contributed by atoms with Crippen LogP contribution in [0.25, 0.3) is 22.8 Å². The highest BCUT2D eigenvalue weighted by atomic mass is 16.5. The van der Waals surface area contributed by atoms with Crippen molar-refractivity contribution in [1.29, 1.82) is 0 Å². The predicted octanol–water partition coefficient (Wildman–Crippen LogP) is 4.99. The van der Waals surface area contributed by atoms with Gasteiger partial charge in [0.15, 0.2) is 0 Å². The van der Waals surface area contributed by atoms with Gasteiger partial charge in [-0.3, -0.25) is 0 Å². The van der Waals surface area contributed by atoms with E-state index < -0.39 is 0 Å². The lowest BCUT2D eigenvalue weighted by Crippen LogP contribution is -1.94. The fourth-order valence-electron chi connectivity index (χ4n) is 2.63. The fraction of sp³-hybridized carbons (Fsp3) is 0.0909. The maximum atomic E-state index is 5.80. The molecule has 0 spiro atoms. The van der Waals surface area contributed by atoms with Crippen molar-refractivity contribution in [3.05, 3.63) is 84.4 Å². The summed E-state index contributed by atoms with van der Waals surface area (Å²) in [5.41, 5.74) is 2.84. The molecule has 0 saturated carbocycles. The quantitative estimate of drug-likeness (QED) is 0.486. The second-order valence-corrected chi connectivity index (χ2v) is 5.95. The molecule has 27 heavy (non-hydrogen) atoms. The third kappa shape index (κ3) is 3.98. The first-order chi connectivity index (χ1) is 13.3. The van der Waals surface area contributed by atoms with E-state index in [9.17, 15) is 0 Å². The van der Waals surface area contributed by atoms with Crippen LogP contribution in [0.4, 0.5) is 0 Å². The normalized spacial score (nSPS) is 10.6. The van der Waals surface area contributed by atoms with Gasteiger partial charge in [-0.2, -0.15) is 4.98 Å². The predicted molar refractivity (Wildman–Crippen MR) is 102 cm³/mol. The third-order valence-electron chi connectivity index (χ3n) is 4.12. The van der Waals surface area contributed by atoms with E-state index >= 15 is 0 Å². The summed E-state index contributed by atoms with van der Waals surface area (Å²) in [6.45, 7) is 0.530. The summed E-state index contributed by atoms with van der Waals surface area (Å²) in [6.07, 6.45) is 0. The van der Waals surface area contributed by atoms with Gasteiger partial charge in [-0.15, -0.1) is 0 Å². The van der Waals surface area contributed by atoms with Crippen molar-refractivity contribution in [2.45, 2.75) is 6.61 Å². The van der Waals surface area contributed by atoms with Crippen molar-refractivity contribution in [3.63, 3.8) is 0 Å². The van der Waals surface area contributed by atoms with Crippen LogP contribution in [0.5, 0.6) is 11.5 Å². The van der Waals surface area contributed by atoms with Crippen molar-refractivity contribution in [1.82, 2.24) is 10.1 Å². The van der Waals surface area contributed by atoms with Crippen molar-refractivity contribution in [2.75, 3.05) is 7.11 Å². The van der Waals surface area contributed by atoms with Gasteiger partial charge in [0.1, 0.15) is 18.1 Å². The molecule has 1 aromatic heterocycles. The van der Waals surface area contributed by atoms with Crippen LogP contribution >= 0.6 is 0 Å². The van der Waals surface area contributed by atoms with Crippen molar-refractivity contribution < 1.29 is 14.0 Å². The minimum absolute atomic E-state index is 0.468. The molecule has 0 saturated heterocycles. The number of methoxy groups -OCH3 is 1. The molecule has 0 radical (unpaired) electrons. The summed E-state index contributed by atoms with van der Waals surface area (Å²) in [5.74, 6) is 2.58. The summed E-state index contributed by atoms with van der Waals surface area (Å²) in [5, 5.41) is 4.06. The van der Waals surface area contributed by atoms with Gasteiger partial charge in [0.25, 0.3) is 5.89 Å². The van der Waals surface area contributed by atoms with E-state index in [0.29, 0.717) is 18.3 Å². The van der Waals surface area contributed by atoms with E-state index in [4.69, 9.17) is 14.0 Å². The van der Waals surface area contributed by atoms with Crippen LogP contribution in [0.3, 0.4) is 0 Å². The van der Waals surface area contributed by atoms with E-state index in [0.717, 1.165) is 28.2 Å². The Labute approximate surface area is 157 Å². The molecular weight excluding hydrogens is 340 g/mol. The van der Waals surface area contributed by atoms with E-state index in [1.54, 1.807) is 7.11 Å². The zero-order valence-corrected chi connectivity index (χ0v) is 14.8. The zero-order chi connectivity index (χ0) is 18.5. The third-order valence-corrected chi connectivity index (χ3v) is 4.12. The molecule has 0 amide bonds. The molecule has 5 heteroatoms. The van der Waals surface area contributed by atoms with Gasteiger partial charge in [0, 0.05) is 11.1 Å². The highest BCUT2D eigenvalue weighted by molar-refractivity contribution is 5.60. The molecule has 1 heterocycles. The van der Waals surface area contributed by atoms with Crippen LogP contribution in [0.1, 0.15) is 5.56 Å². The lowest BCUT2D eigenvalue weighted by Gasteiger charge is -2.06. The van der Waals surface area contributed by atoms with E-state index in [2.05, 4.69) is 10.1 Å². The highest BCUT2D eigenvalue weighted by Crippen LogP contribution is 2.25. The Morgan fingerprint density at radius 1 is 0.778 bits per heavy atom. The van der Waals surface area contributed by atoms with Crippen molar-refractivity contribution in [2.24, 2.45) is 0 Å². The van der Waals surface area contributed by atoms with Crippen molar-refractivity contribution in [3.8, 4) is 34.3 Å². The smallest absolute Gasteiger partial charge is 0.258 e. The van der Waals surface area contributed by atoms with Crippen LogP contribution in [0.15, 0.2) is 83.4 Å². The second-order valence-electron chi connectivity index (χ2n) is 5.95. The first-order valence-electron chi connectivity index (χ1n) is 8.57. The lowest BCUT2D eigenvalue weighted by atomic mass is 10.2. The van der Waals surface area contributed by atoms with Gasteiger partial charge in [-0.25, -0.2) is 0 Å². The van der Waals surface area contributed by atoms with E-state index in [-0.39, 0.29) is 0 Å². The van der Waals surface area contributed by atoms with Crippen molar-refractivity contribution >= 4 is 0 Å². The molecular formula is C22H18N2O3. The number of ether oxygens (including phenoxy) is 2. The fourth-order valence-corrected chi connectivity index (χ4v) is 2.63. The molecule has 3 aromatic carbocycles. The average molecular weight is 358 g/mol. The molecule has 0 fully saturated rings. The molecule has 0 unspecified atom stereocenters. The Balaban J connectivity index is 1.45. The number of benzene rings is 3. The summed E-state index contributed by atoms with van der Waals surface area (Å²) in [4.78, 5) is 4.47. The number of hydrogen-bond acceptors (Lipinski definition) is 5. The van der Waals surface area contributed by atoms with E-state index in [1.807, 2.05) is 78.9 Å². The summed E-state index contributed by atoms with van der Waals surface area (Å²) >= 11 is 0. The molecule has 0 aliphatic heterocycles. The summed E-state index contributed by atoms with van der Waals surface area (Å²) in [7, 11) is 1.63. The van der Waals surface area contributed by atoms with Crippen LogP contribution < -0.4 is 9.47 Å². The number of aromatic nitrogens is 2.